The molecule has 0 radical (unpaired) electrons. The monoisotopic (exact) mass is 305 g/mol. The third-order valence-corrected chi connectivity index (χ3v) is 3.37. The van der Waals surface area contributed by atoms with Crippen LogP contribution in [-0.4, -0.2) is 34.9 Å². The maximum atomic E-state index is 14.1. The van der Waals surface area contributed by atoms with Crippen molar-refractivity contribution in [2.24, 2.45) is 5.73 Å². The predicted molar refractivity (Wildman–Crippen MR) is 73.9 cm³/mol. The van der Waals surface area contributed by atoms with Gasteiger partial charge >= 0.3 is 5.92 Å². The summed E-state index contributed by atoms with van der Waals surface area (Å²) in [5.74, 6) is -4.69. The lowest BCUT2D eigenvalue weighted by Crippen LogP contribution is -2.48. The van der Waals surface area contributed by atoms with Gasteiger partial charge in [-0.25, -0.2) is 0 Å². The molecule has 2 rings (SSSR count). The Hall–Kier alpha value is -1.27. The molecular formula is C13H18ClF2N3O. The number of carbonyl (C=O) groups excluding carboxylic acids is 1. The summed E-state index contributed by atoms with van der Waals surface area (Å²) in [4.78, 5) is 16.9. The summed E-state index contributed by atoms with van der Waals surface area (Å²) in [5, 5.41) is 0. The molecule has 2 N–H and O–H groups in total. The summed E-state index contributed by atoms with van der Waals surface area (Å²) in [6.07, 6.45) is 2.19. The topological polar surface area (TPSA) is 59.2 Å². The maximum absolute atomic E-state index is 14.1. The van der Waals surface area contributed by atoms with Gasteiger partial charge in [0, 0.05) is 36.6 Å². The molecule has 1 fully saturated rings. The zero-order chi connectivity index (χ0) is 14.0. The fourth-order valence-electron chi connectivity index (χ4n) is 2.08. The van der Waals surface area contributed by atoms with Crippen molar-refractivity contribution < 1.29 is 13.6 Å². The highest BCUT2D eigenvalue weighted by Gasteiger charge is 2.44. The van der Waals surface area contributed by atoms with E-state index in [0.29, 0.717) is 18.5 Å². The second-order valence-corrected chi connectivity index (χ2v) is 4.89. The van der Waals surface area contributed by atoms with Crippen LogP contribution in [0.2, 0.25) is 0 Å². The minimum absolute atomic E-state index is 0. The SMILES string of the molecule is Cc1ccc(C(F)(F)C(=O)N2CCC(N)CC2)cn1.Cl. The van der Waals surface area contributed by atoms with Gasteiger partial charge < -0.3 is 10.6 Å². The highest BCUT2D eigenvalue weighted by Crippen LogP contribution is 2.30. The van der Waals surface area contributed by atoms with Gasteiger partial charge in [0.1, 0.15) is 0 Å². The van der Waals surface area contributed by atoms with E-state index >= 15 is 0 Å². The zero-order valence-electron chi connectivity index (χ0n) is 11.2. The summed E-state index contributed by atoms with van der Waals surface area (Å²) in [7, 11) is 0. The fraction of sp³-hybridized carbons (Fsp3) is 0.538. The fourth-order valence-corrected chi connectivity index (χ4v) is 2.08. The van der Waals surface area contributed by atoms with E-state index in [0.717, 1.165) is 6.20 Å². The molecule has 0 spiro atoms. The van der Waals surface area contributed by atoms with Crippen LogP contribution < -0.4 is 5.73 Å². The third-order valence-electron chi connectivity index (χ3n) is 3.37. The largest absolute Gasteiger partial charge is 0.351 e. The van der Waals surface area contributed by atoms with Crippen LogP contribution in [0.4, 0.5) is 8.78 Å². The molecule has 0 saturated carbocycles. The van der Waals surface area contributed by atoms with Gasteiger partial charge in [-0.05, 0) is 31.9 Å². The van der Waals surface area contributed by atoms with Gasteiger partial charge in [0.05, 0.1) is 0 Å². The molecule has 1 saturated heterocycles. The van der Waals surface area contributed by atoms with Crippen molar-refractivity contribution in [3.05, 3.63) is 29.6 Å². The van der Waals surface area contributed by atoms with Gasteiger partial charge in [-0.3, -0.25) is 9.78 Å². The molecule has 1 aromatic heterocycles. The smallest absolute Gasteiger partial charge is 0.337 e. The molecule has 0 aromatic carbocycles. The second-order valence-electron chi connectivity index (χ2n) is 4.89. The molecule has 1 aliphatic heterocycles. The van der Waals surface area contributed by atoms with E-state index in [1.54, 1.807) is 6.92 Å². The number of pyridine rings is 1. The van der Waals surface area contributed by atoms with Crippen molar-refractivity contribution in [3.8, 4) is 0 Å². The first kappa shape index (κ1) is 16.8. The molecule has 7 heteroatoms. The van der Waals surface area contributed by atoms with Gasteiger partial charge in [0.25, 0.3) is 5.91 Å². The van der Waals surface area contributed by atoms with E-state index in [2.05, 4.69) is 4.98 Å². The lowest BCUT2D eigenvalue weighted by atomic mass is 10.0. The Morgan fingerprint density at radius 1 is 1.40 bits per heavy atom. The van der Waals surface area contributed by atoms with Gasteiger partial charge in [-0.1, -0.05) is 0 Å². The number of aromatic nitrogens is 1. The van der Waals surface area contributed by atoms with Crippen LogP contribution in [0.5, 0.6) is 0 Å². The molecule has 0 bridgehead atoms. The van der Waals surface area contributed by atoms with E-state index in [1.165, 1.54) is 17.0 Å². The minimum atomic E-state index is -3.53. The number of nitrogens with zero attached hydrogens (tertiary/aromatic N) is 2. The number of hydrogen-bond acceptors (Lipinski definition) is 3. The van der Waals surface area contributed by atoms with E-state index in [-0.39, 0.29) is 37.1 Å². The van der Waals surface area contributed by atoms with E-state index in [9.17, 15) is 13.6 Å². The lowest BCUT2D eigenvalue weighted by molar-refractivity contribution is -0.160. The number of aryl methyl sites for hydroxylation is 1. The number of nitrogens with two attached hydrogens (primary N) is 1. The standard InChI is InChI=1S/C13H17F2N3O.ClH/c1-9-2-3-10(8-17-9)13(14,15)12(19)18-6-4-11(16)5-7-18;/h2-3,8,11H,4-7,16H2,1H3;1H. The molecule has 0 atom stereocenters. The normalized spacial score (nSPS) is 16.7. The molecule has 1 aliphatic rings. The first-order chi connectivity index (χ1) is 8.91. The van der Waals surface area contributed by atoms with Crippen molar-refractivity contribution >= 4 is 18.3 Å². The first-order valence-electron chi connectivity index (χ1n) is 6.27. The Morgan fingerprint density at radius 2 is 2.00 bits per heavy atom. The van der Waals surface area contributed by atoms with Crippen LogP contribution >= 0.6 is 12.4 Å². The number of carbonyl (C=O) groups is 1. The molecule has 1 aromatic rings. The Labute approximate surface area is 122 Å². The van der Waals surface area contributed by atoms with Crippen LogP contribution in [0.3, 0.4) is 0 Å². The van der Waals surface area contributed by atoms with Gasteiger partial charge in [0.15, 0.2) is 0 Å². The van der Waals surface area contributed by atoms with Crippen molar-refractivity contribution in [1.29, 1.82) is 0 Å². The number of halogens is 3. The van der Waals surface area contributed by atoms with Gasteiger partial charge in [-0.2, -0.15) is 8.78 Å². The Bertz CT molecular complexity index is 459. The van der Waals surface area contributed by atoms with Crippen LogP contribution in [0.25, 0.3) is 0 Å². The third kappa shape index (κ3) is 3.43. The molecule has 0 aliphatic carbocycles. The second kappa shape index (κ2) is 6.45. The van der Waals surface area contributed by atoms with Crippen LogP contribution in [-0.2, 0) is 10.7 Å². The average Bonchev–Trinajstić information content (AvgIpc) is 2.39. The number of amides is 1. The highest BCUT2D eigenvalue weighted by molar-refractivity contribution is 5.85. The summed E-state index contributed by atoms with van der Waals surface area (Å²) in [5.41, 5.74) is 5.97. The Morgan fingerprint density at radius 3 is 2.50 bits per heavy atom. The zero-order valence-corrected chi connectivity index (χ0v) is 12.0. The summed E-state index contributed by atoms with van der Waals surface area (Å²) < 4.78 is 28.2. The minimum Gasteiger partial charge on any atom is -0.337 e. The quantitative estimate of drug-likeness (QED) is 0.907. The van der Waals surface area contributed by atoms with Crippen molar-refractivity contribution in [2.45, 2.75) is 31.7 Å². The van der Waals surface area contributed by atoms with Crippen molar-refractivity contribution in [1.82, 2.24) is 9.88 Å². The van der Waals surface area contributed by atoms with Crippen LogP contribution in [0, 0.1) is 6.92 Å². The Balaban J connectivity index is 0.00000200. The number of alkyl halides is 2. The molecule has 20 heavy (non-hydrogen) atoms. The van der Waals surface area contributed by atoms with E-state index in [4.69, 9.17) is 5.73 Å². The van der Waals surface area contributed by atoms with Crippen molar-refractivity contribution in [3.63, 3.8) is 0 Å². The highest BCUT2D eigenvalue weighted by atomic mass is 35.5. The van der Waals surface area contributed by atoms with Crippen LogP contribution in [0.15, 0.2) is 18.3 Å². The molecule has 1 amide bonds. The summed E-state index contributed by atoms with van der Waals surface area (Å²) in [6.45, 7) is 2.28. The summed E-state index contributed by atoms with van der Waals surface area (Å²) >= 11 is 0. The molecule has 0 unspecified atom stereocenters. The molecule has 4 nitrogen and oxygen atoms in total. The average molecular weight is 306 g/mol. The number of piperidine rings is 1. The maximum Gasteiger partial charge on any atom is 0.351 e. The number of likely N-dealkylation sites (tertiary alicyclic amines) is 1. The number of rotatable bonds is 2. The first-order valence-corrected chi connectivity index (χ1v) is 6.27. The Kier molecular flexibility index (Phi) is 5.42. The van der Waals surface area contributed by atoms with Crippen LogP contribution in [0.1, 0.15) is 24.1 Å². The predicted octanol–water partition coefficient (Wildman–Crippen LogP) is 1.85. The molecular weight excluding hydrogens is 288 g/mol. The van der Waals surface area contributed by atoms with Crippen molar-refractivity contribution in [2.75, 3.05) is 13.1 Å². The van der Waals surface area contributed by atoms with Gasteiger partial charge in [-0.15, -0.1) is 12.4 Å². The molecule has 2 heterocycles. The lowest BCUT2D eigenvalue weighted by Gasteiger charge is -2.32. The van der Waals surface area contributed by atoms with E-state index < -0.39 is 11.8 Å². The van der Waals surface area contributed by atoms with Gasteiger partial charge in [0.2, 0.25) is 0 Å². The number of hydrogen-bond donors (Lipinski definition) is 1. The van der Waals surface area contributed by atoms with E-state index in [1.807, 2.05) is 0 Å². The molecule has 112 valence electrons. The summed E-state index contributed by atoms with van der Waals surface area (Å²) in [6, 6.07) is 2.72.